The van der Waals surface area contributed by atoms with Gasteiger partial charge >= 0.3 is 0 Å². The van der Waals surface area contributed by atoms with Gasteiger partial charge in [0.15, 0.2) is 24.1 Å². The zero-order valence-electron chi connectivity index (χ0n) is 11.1. The van der Waals surface area contributed by atoms with E-state index in [1.165, 1.54) is 6.42 Å². The number of carbonyl (C=O) groups excluding carboxylic acids is 2. The highest BCUT2D eigenvalue weighted by Crippen LogP contribution is 2.45. The molecule has 20 heavy (non-hydrogen) atoms. The Bertz CT molecular complexity index is 566. The van der Waals surface area contributed by atoms with Gasteiger partial charge in [0.25, 0.3) is 0 Å². The van der Waals surface area contributed by atoms with Gasteiger partial charge in [-0.05, 0) is 37.1 Å². The Balaban J connectivity index is 2.07. The first-order valence-electron chi connectivity index (χ1n) is 6.89. The summed E-state index contributed by atoms with van der Waals surface area (Å²) in [6.07, 6.45) is 6.57. The van der Waals surface area contributed by atoms with Crippen LogP contribution in [0.1, 0.15) is 64.7 Å². The third-order valence-corrected chi connectivity index (χ3v) is 4.14. The Morgan fingerprint density at radius 1 is 0.800 bits per heavy atom. The van der Waals surface area contributed by atoms with Crippen LogP contribution in [0.3, 0.4) is 0 Å². The van der Waals surface area contributed by atoms with Gasteiger partial charge in [0.05, 0.1) is 5.41 Å². The van der Waals surface area contributed by atoms with Crippen molar-refractivity contribution in [3.05, 3.63) is 47.3 Å². The molecule has 2 aromatic rings. The van der Waals surface area contributed by atoms with E-state index in [1.807, 2.05) is 12.1 Å². The molecule has 3 rings (SSSR count). The summed E-state index contributed by atoms with van der Waals surface area (Å²) in [5.74, 6) is 2.16. The smallest absolute Gasteiger partial charge is 0.185 e. The van der Waals surface area contributed by atoms with Crippen molar-refractivity contribution in [2.75, 3.05) is 0 Å². The van der Waals surface area contributed by atoms with Crippen molar-refractivity contribution in [2.45, 2.75) is 37.5 Å². The second-order valence-corrected chi connectivity index (χ2v) is 5.28. The highest BCUT2D eigenvalue weighted by molar-refractivity contribution is 5.71. The summed E-state index contributed by atoms with van der Waals surface area (Å²) in [5.41, 5.74) is -0.346. The lowest BCUT2D eigenvalue weighted by molar-refractivity contribution is 0.109. The van der Waals surface area contributed by atoms with Crippen molar-refractivity contribution >= 4 is 12.6 Å². The number of carbonyl (C=O) groups is 2. The molecule has 0 N–H and O–H groups in total. The fourth-order valence-corrected chi connectivity index (χ4v) is 3.12. The molecule has 1 aliphatic rings. The first kappa shape index (κ1) is 12.9. The molecule has 2 heterocycles. The number of hydrogen-bond donors (Lipinski definition) is 0. The number of furan rings is 2. The van der Waals surface area contributed by atoms with Gasteiger partial charge in [0.2, 0.25) is 0 Å². The molecule has 1 fully saturated rings. The number of aldehydes is 2. The fourth-order valence-electron chi connectivity index (χ4n) is 3.12. The summed E-state index contributed by atoms with van der Waals surface area (Å²) in [6, 6.07) is 7.06. The van der Waals surface area contributed by atoms with Gasteiger partial charge in [-0.15, -0.1) is 0 Å². The minimum absolute atomic E-state index is 0.326. The normalized spacial score (nSPS) is 17.8. The first-order chi connectivity index (χ1) is 9.78. The van der Waals surface area contributed by atoms with Crippen molar-refractivity contribution in [3.8, 4) is 0 Å². The molecule has 0 bridgehead atoms. The van der Waals surface area contributed by atoms with Crippen molar-refractivity contribution in [1.29, 1.82) is 0 Å². The summed E-state index contributed by atoms with van der Waals surface area (Å²) in [4.78, 5) is 21.7. The maximum absolute atomic E-state index is 10.8. The monoisotopic (exact) mass is 272 g/mol. The van der Waals surface area contributed by atoms with E-state index in [1.54, 1.807) is 12.1 Å². The molecule has 0 spiro atoms. The van der Waals surface area contributed by atoms with E-state index in [2.05, 4.69) is 0 Å². The molecule has 1 aliphatic carbocycles. The average Bonchev–Trinajstić information content (AvgIpc) is 3.17. The molecule has 1 saturated carbocycles. The predicted molar refractivity (Wildman–Crippen MR) is 72.1 cm³/mol. The Morgan fingerprint density at radius 2 is 1.30 bits per heavy atom. The molecule has 0 aromatic carbocycles. The summed E-state index contributed by atoms with van der Waals surface area (Å²) in [6.45, 7) is 0. The number of rotatable bonds is 4. The van der Waals surface area contributed by atoms with E-state index in [0.29, 0.717) is 24.1 Å². The van der Waals surface area contributed by atoms with Crippen LogP contribution in [0.4, 0.5) is 0 Å². The molecule has 0 saturated heterocycles. The van der Waals surface area contributed by atoms with Crippen LogP contribution in [0, 0.1) is 0 Å². The minimum Gasteiger partial charge on any atom is -0.457 e. The fraction of sp³-hybridized carbons (Fsp3) is 0.375. The molecular weight excluding hydrogens is 256 g/mol. The summed E-state index contributed by atoms with van der Waals surface area (Å²) >= 11 is 0. The Labute approximate surface area is 116 Å². The van der Waals surface area contributed by atoms with Crippen LogP contribution in [0.2, 0.25) is 0 Å². The lowest BCUT2D eigenvalue weighted by Crippen LogP contribution is -2.29. The number of hydrogen-bond acceptors (Lipinski definition) is 4. The van der Waals surface area contributed by atoms with E-state index in [0.717, 1.165) is 37.2 Å². The standard InChI is InChI=1S/C16H16O4/c17-10-12-4-6-14(19-12)16(8-2-1-3-9-16)15-7-5-13(11-18)20-15/h4-7,10-11H,1-3,8-9H2. The first-order valence-corrected chi connectivity index (χ1v) is 6.89. The predicted octanol–water partition coefficient (Wildman–Crippen LogP) is 3.75. The van der Waals surface area contributed by atoms with E-state index < -0.39 is 0 Å². The molecule has 0 atom stereocenters. The van der Waals surface area contributed by atoms with Gasteiger partial charge in [-0.25, -0.2) is 0 Å². The summed E-state index contributed by atoms with van der Waals surface area (Å²) in [5, 5.41) is 0. The average molecular weight is 272 g/mol. The van der Waals surface area contributed by atoms with Gasteiger partial charge in [0, 0.05) is 0 Å². The largest absolute Gasteiger partial charge is 0.457 e. The van der Waals surface area contributed by atoms with Gasteiger partial charge in [-0.3, -0.25) is 9.59 Å². The second kappa shape index (κ2) is 5.12. The maximum atomic E-state index is 10.8. The minimum atomic E-state index is -0.346. The molecular formula is C16H16O4. The lowest BCUT2D eigenvalue weighted by atomic mass is 9.70. The van der Waals surface area contributed by atoms with Crippen molar-refractivity contribution < 1.29 is 18.4 Å². The van der Waals surface area contributed by atoms with Crippen molar-refractivity contribution in [3.63, 3.8) is 0 Å². The molecule has 2 aromatic heterocycles. The molecule has 0 unspecified atom stereocenters. The Morgan fingerprint density at radius 3 is 1.70 bits per heavy atom. The molecule has 0 amide bonds. The highest BCUT2D eigenvalue weighted by Gasteiger charge is 2.41. The third kappa shape index (κ3) is 2.01. The molecule has 0 aliphatic heterocycles. The van der Waals surface area contributed by atoms with Crippen molar-refractivity contribution in [1.82, 2.24) is 0 Å². The van der Waals surface area contributed by atoms with Crippen LogP contribution in [0.5, 0.6) is 0 Å². The van der Waals surface area contributed by atoms with Gasteiger partial charge in [-0.1, -0.05) is 19.3 Å². The Hall–Kier alpha value is -2.10. The lowest BCUT2D eigenvalue weighted by Gasteiger charge is -2.33. The third-order valence-electron chi connectivity index (χ3n) is 4.14. The van der Waals surface area contributed by atoms with E-state index in [4.69, 9.17) is 8.83 Å². The molecule has 0 radical (unpaired) electrons. The Kier molecular flexibility index (Phi) is 3.30. The van der Waals surface area contributed by atoms with Gasteiger partial charge in [-0.2, -0.15) is 0 Å². The summed E-state index contributed by atoms with van der Waals surface area (Å²) < 4.78 is 11.3. The van der Waals surface area contributed by atoms with Crippen LogP contribution in [0.25, 0.3) is 0 Å². The quantitative estimate of drug-likeness (QED) is 0.795. The molecule has 104 valence electrons. The molecule has 4 heteroatoms. The topological polar surface area (TPSA) is 60.4 Å². The maximum Gasteiger partial charge on any atom is 0.185 e. The van der Waals surface area contributed by atoms with Crippen LogP contribution in [-0.2, 0) is 5.41 Å². The van der Waals surface area contributed by atoms with Crippen LogP contribution in [-0.4, -0.2) is 12.6 Å². The van der Waals surface area contributed by atoms with Crippen LogP contribution in [0.15, 0.2) is 33.1 Å². The zero-order valence-corrected chi connectivity index (χ0v) is 11.1. The zero-order chi connectivity index (χ0) is 14.0. The van der Waals surface area contributed by atoms with Crippen LogP contribution < -0.4 is 0 Å². The van der Waals surface area contributed by atoms with E-state index in [9.17, 15) is 9.59 Å². The van der Waals surface area contributed by atoms with Gasteiger partial charge < -0.3 is 8.83 Å². The van der Waals surface area contributed by atoms with Crippen molar-refractivity contribution in [2.24, 2.45) is 0 Å². The van der Waals surface area contributed by atoms with E-state index in [-0.39, 0.29) is 5.41 Å². The highest BCUT2D eigenvalue weighted by atomic mass is 16.4. The van der Waals surface area contributed by atoms with Gasteiger partial charge in [0.1, 0.15) is 11.5 Å². The SMILES string of the molecule is O=Cc1ccc(C2(c3ccc(C=O)o3)CCCCC2)o1. The van der Waals surface area contributed by atoms with Crippen LogP contribution >= 0.6 is 0 Å². The second-order valence-electron chi connectivity index (χ2n) is 5.28. The summed E-state index contributed by atoms with van der Waals surface area (Å²) in [7, 11) is 0. The molecule has 4 nitrogen and oxygen atoms in total. The van der Waals surface area contributed by atoms with E-state index >= 15 is 0 Å².